The number of amides is 1. The lowest BCUT2D eigenvalue weighted by Gasteiger charge is -2.10. The predicted molar refractivity (Wildman–Crippen MR) is 85.6 cm³/mol. The molecular weight excluding hydrogens is 260 g/mol. The third-order valence-electron chi connectivity index (χ3n) is 3.50. The summed E-state index contributed by atoms with van der Waals surface area (Å²) in [4.78, 5) is 17.0. The first kappa shape index (κ1) is 13.3. The number of aromatic nitrogens is 1. The van der Waals surface area contributed by atoms with Crippen molar-refractivity contribution in [3.8, 4) is 0 Å². The smallest absolute Gasteiger partial charge is 0.255 e. The second-order valence-electron chi connectivity index (χ2n) is 5.10. The van der Waals surface area contributed by atoms with Crippen molar-refractivity contribution in [1.82, 2.24) is 4.98 Å². The lowest BCUT2D eigenvalue weighted by atomic mass is 10.1. The van der Waals surface area contributed by atoms with E-state index >= 15 is 0 Å². The molecular formula is C18H16N2O. The number of para-hydroxylation sites is 1. The van der Waals surface area contributed by atoms with E-state index in [-0.39, 0.29) is 5.91 Å². The number of rotatable bonds is 2. The Morgan fingerprint density at radius 1 is 0.952 bits per heavy atom. The average molecular weight is 276 g/mol. The van der Waals surface area contributed by atoms with Gasteiger partial charge >= 0.3 is 0 Å². The molecule has 1 aromatic heterocycles. The van der Waals surface area contributed by atoms with Gasteiger partial charge in [0.1, 0.15) is 0 Å². The van der Waals surface area contributed by atoms with Crippen molar-refractivity contribution in [2.45, 2.75) is 13.8 Å². The highest BCUT2D eigenvalue weighted by atomic mass is 16.1. The molecule has 0 radical (unpaired) electrons. The Balaban J connectivity index is 2.00. The van der Waals surface area contributed by atoms with E-state index in [1.54, 1.807) is 0 Å². The van der Waals surface area contributed by atoms with Gasteiger partial charge in [-0.1, -0.05) is 36.4 Å². The van der Waals surface area contributed by atoms with Crippen molar-refractivity contribution in [2.24, 2.45) is 0 Å². The van der Waals surface area contributed by atoms with Crippen LogP contribution in [0.4, 0.5) is 5.69 Å². The van der Waals surface area contributed by atoms with E-state index < -0.39 is 0 Å². The fourth-order valence-electron chi connectivity index (χ4n) is 2.36. The van der Waals surface area contributed by atoms with Crippen LogP contribution >= 0.6 is 0 Å². The Morgan fingerprint density at radius 3 is 2.57 bits per heavy atom. The Hall–Kier alpha value is -2.68. The van der Waals surface area contributed by atoms with Crippen molar-refractivity contribution in [2.75, 3.05) is 5.32 Å². The SMILES string of the molecule is Cc1ccc2cccc(NC(=O)c3ccccc3C)c2n1. The topological polar surface area (TPSA) is 42.0 Å². The first-order valence-corrected chi connectivity index (χ1v) is 6.88. The molecule has 1 heterocycles. The molecule has 2 aromatic carbocycles. The van der Waals surface area contributed by atoms with Crippen LogP contribution < -0.4 is 5.32 Å². The summed E-state index contributed by atoms with van der Waals surface area (Å²) in [6.45, 7) is 3.87. The van der Waals surface area contributed by atoms with Crippen LogP contribution in [0.3, 0.4) is 0 Å². The molecule has 3 heteroatoms. The molecule has 0 aliphatic rings. The fraction of sp³-hybridized carbons (Fsp3) is 0.111. The molecule has 3 rings (SSSR count). The number of anilines is 1. The summed E-state index contributed by atoms with van der Waals surface area (Å²) in [6, 6.07) is 17.3. The number of nitrogens with zero attached hydrogens (tertiary/aromatic N) is 1. The molecule has 1 amide bonds. The number of carbonyl (C=O) groups excluding carboxylic acids is 1. The van der Waals surface area contributed by atoms with Crippen LogP contribution in [0, 0.1) is 13.8 Å². The van der Waals surface area contributed by atoms with Gasteiger partial charge in [0.05, 0.1) is 11.2 Å². The van der Waals surface area contributed by atoms with Crippen LogP contribution in [-0.4, -0.2) is 10.9 Å². The first-order valence-electron chi connectivity index (χ1n) is 6.88. The zero-order chi connectivity index (χ0) is 14.8. The second kappa shape index (κ2) is 5.37. The van der Waals surface area contributed by atoms with E-state index in [0.717, 1.165) is 27.8 Å². The molecule has 104 valence electrons. The summed E-state index contributed by atoms with van der Waals surface area (Å²) in [6.07, 6.45) is 0. The lowest BCUT2D eigenvalue weighted by Crippen LogP contribution is -2.13. The van der Waals surface area contributed by atoms with E-state index in [1.807, 2.05) is 68.4 Å². The highest BCUT2D eigenvalue weighted by Gasteiger charge is 2.10. The number of hydrogen-bond donors (Lipinski definition) is 1. The van der Waals surface area contributed by atoms with Crippen LogP contribution in [-0.2, 0) is 0 Å². The summed E-state index contributed by atoms with van der Waals surface area (Å²) in [5.41, 5.74) is 4.13. The van der Waals surface area contributed by atoms with Crippen LogP contribution in [0.25, 0.3) is 10.9 Å². The zero-order valence-electron chi connectivity index (χ0n) is 12.1. The molecule has 0 fully saturated rings. The van der Waals surface area contributed by atoms with Crippen molar-refractivity contribution in [1.29, 1.82) is 0 Å². The van der Waals surface area contributed by atoms with Gasteiger partial charge in [0.2, 0.25) is 0 Å². The minimum Gasteiger partial charge on any atom is -0.320 e. The van der Waals surface area contributed by atoms with Gasteiger partial charge < -0.3 is 5.32 Å². The van der Waals surface area contributed by atoms with Crippen LogP contribution in [0.5, 0.6) is 0 Å². The van der Waals surface area contributed by atoms with Crippen molar-refractivity contribution >= 4 is 22.5 Å². The van der Waals surface area contributed by atoms with Gasteiger partial charge in [-0.05, 0) is 37.6 Å². The molecule has 0 bridgehead atoms. The van der Waals surface area contributed by atoms with Gasteiger partial charge in [0.25, 0.3) is 5.91 Å². The zero-order valence-corrected chi connectivity index (χ0v) is 12.1. The van der Waals surface area contributed by atoms with E-state index in [9.17, 15) is 4.79 Å². The van der Waals surface area contributed by atoms with E-state index in [2.05, 4.69) is 10.3 Å². The Kier molecular flexibility index (Phi) is 3.40. The van der Waals surface area contributed by atoms with Gasteiger partial charge in [-0.2, -0.15) is 0 Å². The third kappa shape index (κ3) is 2.63. The lowest BCUT2D eigenvalue weighted by molar-refractivity contribution is 0.102. The molecule has 3 nitrogen and oxygen atoms in total. The van der Waals surface area contributed by atoms with Gasteiger partial charge in [0, 0.05) is 16.6 Å². The van der Waals surface area contributed by atoms with Gasteiger partial charge in [-0.25, -0.2) is 0 Å². The van der Waals surface area contributed by atoms with Gasteiger partial charge in [-0.3, -0.25) is 9.78 Å². The number of aryl methyl sites for hydroxylation is 2. The number of benzene rings is 2. The Morgan fingerprint density at radius 2 is 1.76 bits per heavy atom. The maximum atomic E-state index is 12.4. The first-order chi connectivity index (χ1) is 10.1. The molecule has 0 saturated heterocycles. The highest BCUT2D eigenvalue weighted by Crippen LogP contribution is 2.22. The summed E-state index contributed by atoms with van der Waals surface area (Å²) in [5, 5.41) is 3.98. The van der Waals surface area contributed by atoms with Gasteiger partial charge in [-0.15, -0.1) is 0 Å². The Bertz CT molecular complexity index is 824. The predicted octanol–water partition coefficient (Wildman–Crippen LogP) is 4.10. The number of carbonyl (C=O) groups is 1. The maximum absolute atomic E-state index is 12.4. The summed E-state index contributed by atoms with van der Waals surface area (Å²) >= 11 is 0. The maximum Gasteiger partial charge on any atom is 0.255 e. The molecule has 1 N–H and O–H groups in total. The molecule has 0 unspecified atom stereocenters. The quantitative estimate of drug-likeness (QED) is 0.765. The molecule has 21 heavy (non-hydrogen) atoms. The molecule has 0 spiro atoms. The van der Waals surface area contributed by atoms with Crippen LogP contribution in [0.2, 0.25) is 0 Å². The van der Waals surface area contributed by atoms with Crippen LogP contribution in [0.15, 0.2) is 54.6 Å². The summed E-state index contributed by atoms with van der Waals surface area (Å²) < 4.78 is 0. The van der Waals surface area contributed by atoms with Crippen molar-refractivity contribution < 1.29 is 4.79 Å². The summed E-state index contributed by atoms with van der Waals surface area (Å²) in [7, 11) is 0. The standard InChI is InChI=1S/C18H16N2O/c1-12-6-3-4-8-15(12)18(21)20-16-9-5-7-14-11-10-13(2)19-17(14)16/h3-11H,1-2H3,(H,20,21). The molecule has 0 aliphatic heterocycles. The van der Waals surface area contributed by atoms with Crippen molar-refractivity contribution in [3.63, 3.8) is 0 Å². The minimum atomic E-state index is -0.107. The summed E-state index contributed by atoms with van der Waals surface area (Å²) in [5.74, 6) is -0.107. The van der Waals surface area contributed by atoms with E-state index in [4.69, 9.17) is 0 Å². The van der Waals surface area contributed by atoms with Crippen molar-refractivity contribution in [3.05, 3.63) is 71.4 Å². The number of pyridine rings is 1. The number of hydrogen-bond acceptors (Lipinski definition) is 2. The molecule has 0 aliphatic carbocycles. The molecule has 0 saturated carbocycles. The number of fused-ring (bicyclic) bond motifs is 1. The number of nitrogens with one attached hydrogen (secondary N) is 1. The van der Waals surface area contributed by atoms with Crippen LogP contribution in [0.1, 0.15) is 21.6 Å². The normalized spacial score (nSPS) is 10.6. The molecule has 0 atom stereocenters. The highest BCUT2D eigenvalue weighted by molar-refractivity contribution is 6.09. The largest absolute Gasteiger partial charge is 0.320 e. The fourth-order valence-corrected chi connectivity index (χ4v) is 2.36. The van der Waals surface area contributed by atoms with E-state index in [0.29, 0.717) is 5.56 Å². The van der Waals surface area contributed by atoms with E-state index in [1.165, 1.54) is 0 Å². The average Bonchev–Trinajstić information content (AvgIpc) is 2.48. The van der Waals surface area contributed by atoms with Gasteiger partial charge in [0.15, 0.2) is 0 Å². The third-order valence-corrected chi connectivity index (χ3v) is 3.50. The Labute approximate surface area is 123 Å². The minimum absolute atomic E-state index is 0.107. The molecule has 3 aromatic rings. The second-order valence-corrected chi connectivity index (χ2v) is 5.10. The monoisotopic (exact) mass is 276 g/mol.